The fourth-order valence-corrected chi connectivity index (χ4v) is 2.26. The molecule has 0 bridgehead atoms. The Morgan fingerprint density at radius 1 is 1.37 bits per heavy atom. The molecule has 0 saturated heterocycles. The van der Waals surface area contributed by atoms with Crippen LogP contribution in [0.2, 0.25) is 5.02 Å². The number of likely N-dealkylation sites (N-methyl/N-ethyl adjacent to an activating group) is 1. The van der Waals surface area contributed by atoms with Crippen molar-refractivity contribution in [3.8, 4) is 0 Å². The molecule has 2 aromatic rings. The van der Waals surface area contributed by atoms with Gasteiger partial charge in [0.15, 0.2) is 0 Å². The van der Waals surface area contributed by atoms with E-state index >= 15 is 0 Å². The minimum atomic E-state index is -0.360. The molecule has 0 aliphatic heterocycles. The van der Waals surface area contributed by atoms with Crippen molar-refractivity contribution in [1.29, 1.82) is 0 Å². The van der Waals surface area contributed by atoms with Crippen molar-refractivity contribution in [3.63, 3.8) is 0 Å². The number of benzene rings is 1. The number of hydrogen-bond donors (Lipinski definition) is 2. The highest BCUT2D eigenvalue weighted by molar-refractivity contribution is 6.32. The maximum atomic E-state index is 11.6. The van der Waals surface area contributed by atoms with Crippen LogP contribution in [0.5, 0.6) is 0 Å². The number of quaternary nitrogens is 1. The summed E-state index contributed by atoms with van der Waals surface area (Å²) >= 11 is 6.13. The summed E-state index contributed by atoms with van der Waals surface area (Å²) in [4.78, 5) is 12.7. The molecule has 5 heteroatoms. The Hall–Kier alpha value is -1.36. The maximum absolute atomic E-state index is 11.6. The summed E-state index contributed by atoms with van der Waals surface area (Å²) < 4.78 is 5.21. The molecule has 0 aliphatic carbocycles. The van der Waals surface area contributed by atoms with Gasteiger partial charge in [0.25, 0.3) is 0 Å². The van der Waals surface area contributed by atoms with Crippen molar-refractivity contribution in [2.24, 2.45) is 0 Å². The Morgan fingerprint density at radius 2 is 2.11 bits per heavy atom. The second-order valence-corrected chi connectivity index (χ2v) is 5.20. The molecule has 102 valence electrons. The molecule has 1 unspecified atom stereocenters. The number of hydrogen-bond acceptors (Lipinski definition) is 3. The first-order chi connectivity index (χ1) is 9.01. The van der Waals surface area contributed by atoms with E-state index in [4.69, 9.17) is 21.1 Å². The summed E-state index contributed by atoms with van der Waals surface area (Å²) in [6, 6.07) is 5.11. The lowest BCUT2D eigenvalue weighted by Crippen LogP contribution is -3.08. The van der Waals surface area contributed by atoms with Crippen LogP contribution in [-0.2, 0) is 6.54 Å². The average molecular weight is 283 g/mol. The highest BCUT2D eigenvalue weighted by atomic mass is 35.5. The lowest BCUT2D eigenvalue weighted by atomic mass is 10.1. The lowest BCUT2D eigenvalue weighted by molar-refractivity contribution is -0.893. The van der Waals surface area contributed by atoms with E-state index in [1.165, 1.54) is 6.07 Å². The van der Waals surface area contributed by atoms with Gasteiger partial charge in [0.2, 0.25) is 0 Å². The number of nitrogens with one attached hydrogen (secondary N) is 1. The number of fused-ring (bicyclic) bond motifs is 1. The third-order valence-corrected chi connectivity index (χ3v) is 3.55. The molecule has 1 aromatic heterocycles. The molecule has 0 amide bonds. The van der Waals surface area contributed by atoms with E-state index in [2.05, 4.69) is 0 Å². The smallest absolute Gasteiger partial charge is 0.336 e. The molecule has 1 atom stereocenters. The van der Waals surface area contributed by atoms with E-state index in [-0.39, 0.29) is 12.2 Å². The Bertz CT molecular complexity index is 651. The zero-order valence-corrected chi connectivity index (χ0v) is 11.8. The third-order valence-electron chi connectivity index (χ3n) is 3.14. The van der Waals surface area contributed by atoms with E-state index in [0.29, 0.717) is 23.7 Å². The van der Waals surface area contributed by atoms with Gasteiger partial charge >= 0.3 is 5.63 Å². The molecule has 0 fully saturated rings. The van der Waals surface area contributed by atoms with Gasteiger partial charge < -0.3 is 14.4 Å². The molecule has 19 heavy (non-hydrogen) atoms. The first-order valence-corrected chi connectivity index (χ1v) is 6.54. The van der Waals surface area contributed by atoms with Gasteiger partial charge in [-0.25, -0.2) is 4.79 Å². The minimum Gasteiger partial charge on any atom is -0.423 e. The Kier molecular flexibility index (Phi) is 4.24. The first-order valence-electron chi connectivity index (χ1n) is 6.16. The zero-order chi connectivity index (χ0) is 14.0. The summed E-state index contributed by atoms with van der Waals surface area (Å²) in [5.74, 6) is 0. The number of aryl methyl sites for hydroxylation is 1. The van der Waals surface area contributed by atoms with Crippen molar-refractivity contribution in [3.05, 3.63) is 44.8 Å². The van der Waals surface area contributed by atoms with Crippen molar-refractivity contribution < 1.29 is 14.4 Å². The molecule has 1 heterocycles. The fraction of sp³-hybridized carbons (Fsp3) is 0.357. The molecule has 0 saturated carbocycles. The summed E-state index contributed by atoms with van der Waals surface area (Å²) in [7, 11) is 1.96. The molecule has 2 N–H and O–H groups in total. The summed E-state index contributed by atoms with van der Waals surface area (Å²) in [6.45, 7) is 3.26. The molecular formula is C14H17ClNO3+. The van der Waals surface area contributed by atoms with Gasteiger partial charge in [0.05, 0.1) is 13.7 Å². The van der Waals surface area contributed by atoms with E-state index < -0.39 is 0 Å². The van der Waals surface area contributed by atoms with Crippen LogP contribution >= 0.6 is 11.6 Å². The van der Waals surface area contributed by atoms with Crippen molar-refractivity contribution in [2.45, 2.75) is 13.5 Å². The third kappa shape index (κ3) is 3.15. The number of aliphatic hydroxyl groups excluding tert-OH is 1. The van der Waals surface area contributed by atoms with Gasteiger partial charge in [-0.1, -0.05) is 11.6 Å². The average Bonchev–Trinajstić information content (AvgIpc) is 2.32. The largest absolute Gasteiger partial charge is 0.423 e. The number of halogens is 1. The van der Waals surface area contributed by atoms with Crippen molar-refractivity contribution in [2.75, 3.05) is 20.2 Å². The predicted octanol–water partition coefficient (Wildman–Crippen LogP) is 0.762. The molecule has 0 radical (unpaired) electrons. The minimum absolute atomic E-state index is 0.116. The van der Waals surface area contributed by atoms with Gasteiger partial charge in [0, 0.05) is 22.0 Å². The van der Waals surface area contributed by atoms with E-state index in [0.717, 1.165) is 21.4 Å². The summed E-state index contributed by atoms with van der Waals surface area (Å²) in [5.41, 5.74) is 1.96. The monoisotopic (exact) mass is 282 g/mol. The van der Waals surface area contributed by atoms with Crippen LogP contribution in [0.1, 0.15) is 11.1 Å². The van der Waals surface area contributed by atoms with Crippen LogP contribution in [0, 0.1) is 6.92 Å². The normalized spacial score (nSPS) is 12.8. The molecule has 1 aromatic carbocycles. The van der Waals surface area contributed by atoms with Crippen LogP contribution in [0.4, 0.5) is 0 Å². The molecule has 4 nitrogen and oxygen atoms in total. The number of aliphatic hydroxyl groups is 1. The predicted molar refractivity (Wildman–Crippen MR) is 74.8 cm³/mol. The van der Waals surface area contributed by atoms with Crippen LogP contribution in [0.15, 0.2) is 27.4 Å². The van der Waals surface area contributed by atoms with Gasteiger partial charge in [0.1, 0.15) is 18.7 Å². The standard InChI is InChI=1S/C14H16ClNO3/c1-9-5-13-11(7-12(9)15)10(6-14(18)19-13)8-16(2)3-4-17/h5-7,17H,3-4,8H2,1-2H3/p+1. The topological polar surface area (TPSA) is 54.9 Å². The molecule has 2 rings (SSSR count). The highest BCUT2D eigenvalue weighted by Crippen LogP contribution is 2.24. The lowest BCUT2D eigenvalue weighted by Gasteiger charge is -2.13. The Morgan fingerprint density at radius 3 is 2.79 bits per heavy atom. The Balaban J connectivity index is 2.53. The van der Waals surface area contributed by atoms with Crippen LogP contribution in [-0.4, -0.2) is 25.3 Å². The second-order valence-electron chi connectivity index (χ2n) is 4.80. The summed E-state index contributed by atoms with van der Waals surface area (Å²) in [5, 5.41) is 10.5. The zero-order valence-electron chi connectivity index (χ0n) is 11.0. The number of rotatable bonds is 4. The molecular weight excluding hydrogens is 266 g/mol. The van der Waals surface area contributed by atoms with E-state index in [1.54, 1.807) is 6.07 Å². The van der Waals surface area contributed by atoms with Crippen LogP contribution in [0.3, 0.4) is 0 Å². The van der Waals surface area contributed by atoms with Crippen LogP contribution in [0.25, 0.3) is 11.0 Å². The second kappa shape index (κ2) is 5.74. The van der Waals surface area contributed by atoms with Crippen molar-refractivity contribution in [1.82, 2.24) is 0 Å². The van der Waals surface area contributed by atoms with Crippen molar-refractivity contribution >= 4 is 22.6 Å². The molecule has 0 spiro atoms. The van der Waals surface area contributed by atoms with Gasteiger partial charge in [-0.2, -0.15) is 0 Å². The SMILES string of the molecule is Cc1cc2oc(=O)cc(C[NH+](C)CCO)c2cc1Cl. The first kappa shape index (κ1) is 14.1. The van der Waals surface area contributed by atoms with E-state index in [9.17, 15) is 4.79 Å². The van der Waals surface area contributed by atoms with E-state index in [1.807, 2.05) is 20.0 Å². The van der Waals surface area contributed by atoms with Gasteiger partial charge in [-0.3, -0.25) is 0 Å². The molecule has 0 aliphatic rings. The van der Waals surface area contributed by atoms with Crippen LogP contribution < -0.4 is 10.5 Å². The van der Waals surface area contributed by atoms with Gasteiger partial charge in [-0.15, -0.1) is 0 Å². The quantitative estimate of drug-likeness (QED) is 0.814. The highest BCUT2D eigenvalue weighted by Gasteiger charge is 2.12. The maximum Gasteiger partial charge on any atom is 0.336 e. The van der Waals surface area contributed by atoms with Gasteiger partial charge in [-0.05, 0) is 24.6 Å². The summed E-state index contributed by atoms with van der Waals surface area (Å²) in [6.07, 6.45) is 0. The fourth-order valence-electron chi connectivity index (χ4n) is 2.10. The Labute approximate surface area is 116 Å².